The molecule has 532 valence electrons. The maximum atomic E-state index is 6.53. The summed E-state index contributed by atoms with van der Waals surface area (Å²) in [4.78, 5) is 0. The molecule has 0 radical (unpaired) electrons. The summed E-state index contributed by atoms with van der Waals surface area (Å²) in [7, 11) is 0. The summed E-state index contributed by atoms with van der Waals surface area (Å²) in [6.45, 7) is 0. The predicted octanol–water partition coefficient (Wildman–Crippen LogP) is 29.2. The summed E-state index contributed by atoms with van der Waals surface area (Å²) in [6.07, 6.45) is 0.984. The smallest absolute Gasteiger partial charge is 0.143 e. The molecule has 5 heteroatoms. The van der Waals surface area contributed by atoms with Gasteiger partial charge in [-0.2, -0.15) is 0 Å². The van der Waals surface area contributed by atoms with Crippen LogP contribution in [0, 0.1) is 0 Å². The quantitative estimate of drug-likeness (QED) is 0.134. The third kappa shape index (κ3) is 10.5. The molecule has 0 saturated heterocycles. The molecule has 24 rings (SSSR count). The summed E-state index contributed by atoms with van der Waals surface area (Å²) in [5.74, 6) is 0. The highest BCUT2D eigenvalue weighted by molar-refractivity contribution is 6.17. The van der Waals surface area contributed by atoms with E-state index in [0.29, 0.717) is 0 Å². The number of furan rings is 1. The Morgan fingerprint density at radius 2 is 0.474 bits per heavy atom. The summed E-state index contributed by atoms with van der Waals surface area (Å²) in [6, 6.07) is 150. The van der Waals surface area contributed by atoms with Gasteiger partial charge in [0.2, 0.25) is 0 Å². The summed E-state index contributed by atoms with van der Waals surface area (Å²) < 4.78 is 16.1. The van der Waals surface area contributed by atoms with Gasteiger partial charge in [-0.25, -0.2) is 0 Å². The lowest BCUT2D eigenvalue weighted by molar-refractivity contribution is 0.670. The lowest BCUT2D eigenvalue weighted by Crippen LogP contribution is -1.94. The first kappa shape index (κ1) is 64.9. The molecule has 0 unspecified atom stereocenters. The third-order valence-electron chi connectivity index (χ3n) is 23.9. The number of benzene rings is 18. The Morgan fingerprint density at radius 1 is 0.175 bits per heavy atom. The molecule has 5 heterocycles. The van der Waals surface area contributed by atoms with Crippen molar-refractivity contribution < 1.29 is 4.42 Å². The monoisotopic (exact) mass is 1450 g/mol. The molecule has 18 aromatic carbocycles. The number of nitrogens with zero attached hydrogens (tertiary/aromatic N) is 4. The standard InChI is InChI=1S/C55H36N2.C54H34N2O/c1-3-12-36(13-4-1)37-22-27-44(28-23-37)57-53-30-25-39(38-24-29-52-48(33-38)47-19-9-10-21-51(47)56(52)43-16-5-2-6-17-43)34-49(53)50-35-41(26-31-54(50)57)46-20-11-15-42-32-40-14-7-8-18-45(40)55(42)46;1-3-12-35(13-4-1)36-22-27-41(28-23-36)56-51-30-25-38(37-24-29-50-46(32-37)43-16-7-9-20-49(43)55(50)40-14-5-2-6-15-40)33-47(51)48-34-39(26-31-52(48)56)42-18-11-19-45-44-17-8-10-21-53(44)57-54(42)45/h1-31,33-35H,32H2;1-34H. The first-order chi connectivity index (χ1) is 56.5. The Kier molecular flexibility index (Phi) is 15.0. The van der Waals surface area contributed by atoms with Crippen LogP contribution in [0.1, 0.15) is 11.1 Å². The lowest BCUT2D eigenvalue weighted by Gasteiger charge is -2.12. The number of hydrogen-bond acceptors (Lipinski definition) is 1. The van der Waals surface area contributed by atoms with E-state index in [0.717, 1.165) is 62.1 Å². The van der Waals surface area contributed by atoms with Crippen LogP contribution < -0.4 is 0 Å². The molecule has 0 saturated carbocycles. The van der Waals surface area contributed by atoms with Crippen LogP contribution in [0.25, 0.3) is 210 Å². The van der Waals surface area contributed by atoms with Crippen molar-refractivity contribution >= 4 is 109 Å². The van der Waals surface area contributed by atoms with E-state index in [1.165, 1.54) is 165 Å². The van der Waals surface area contributed by atoms with Gasteiger partial charge in [-0.15, -0.1) is 0 Å². The van der Waals surface area contributed by atoms with Gasteiger partial charge in [-0.05, 0) is 229 Å². The molecule has 114 heavy (non-hydrogen) atoms. The van der Waals surface area contributed by atoms with Gasteiger partial charge in [0.15, 0.2) is 0 Å². The number of hydrogen-bond donors (Lipinski definition) is 0. The van der Waals surface area contributed by atoms with Crippen LogP contribution in [0.4, 0.5) is 0 Å². The Labute approximate surface area is 658 Å². The SMILES string of the molecule is c1ccc(-c2ccc(-n3c4ccc(-c5ccc6c(c5)c5ccccc5n6-c5ccccc5)cc4c4cc(-c5cccc6c5-c5ccccc5C6)ccc43)cc2)cc1.c1ccc(-c2ccc(-n3c4ccc(-c5ccc6c(c5)c5ccccc5n6-c5ccccc5)cc4c4cc(-c5cccc6c5oc5ccccc56)ccc43)cc2)cc1. The Bertz CT molecular complexity index is 7770. The van der Waals surface area contributed by atoms with Crippen LogP contribution in [-0.4, -0.2) is 18.3 Å². The molecule has 23 aromatic rings. The van der Waals surface area contributed by atoms with Crippen molar-refractivity contribution in [3.05, 3.63) is 424 Å². The minimum absolute atomic E-state index is 0.907. The van der Waals surface area contributed by atoms with Gasteiger partial charge >= 0.3 is 0 Å². The van der Waals surface area contributed by atoms with E-state index in [1.54, 1.807) is 0 Å². The molecule has 0 amide bonds. The molecular weight excluding hydrogens is 1380 g/mol. The van der Waals surface area contributed by atoms with E-state index >= 15 is 0 Å². The minimum atomic E-state index is 0.907. The molecule has 1 aliphatic rings. The largest absolute Gasteiger partial charge is 0.455 e. The molecular formula is C109H70N4O. The highest BCUT2D eigenvalue weighted by Crippen LogP contribution is 2.48. The molecule has 1 aliphatic carbocycles. The topological polar surface area (TPSA) is 32.9 Å². The van der Waals surface area contributed by atoms with E-state index < -0.39 is 0 Å². The van der Waals surface area contributed by atoms with Crippen molar-refractivity contribution in [3.8, 4) is 101 Å². The molecule has 0 atom stereocenters. The second-order valence-corrected chi connectivity index (χ2v) is 30.2. The average Bonchev–Trinajstić information content (AvgIpc) is 1.60. The van der Waals surface area contributed by atoms with Crippen LogP contribution in [-0.2, 0) is 6.42 Å². The summed E-state index contributed by atoms with van der Waals surface area (Å²) >= 11 is 0. The van der Waals surface area contributed by atoms with Crippen molar-refractivity contribution in [3.63, 3.8) is 0 Å². The fraction of sp³-hybridized carbons (Fsp3) is 0.00917. The summed E-state index contributed by atoms with van der Waals surface area (Å²) in [5, 5.41) is 12.2. The van der Waals surface area contributed by atoms with Gasteiger partial charge in [0.05, 0.1) is 44.1 Å². The van der Waals surface area contributed by atoms with Gasteiger partial charge in [0.25, 0.3) is 0 Å². The molecule has 5 nitrogen and oxygen atoms in total. The van der Waals surface area contributed by atoms with Gasteiger partial charge < -0.3 is 22.7 Å². The Hall–Kier alpha value is -15.0. The Morgan fingerprint density at radius 3 is 0.947 bits per heavy atom. The van der Waals surface area contributed by atoms with Crippen LogP contribution >= 0.6 is 0 Å². The maximum absolute atomic E-state index is 6.53. The van der Waals surface area contributed by atoms with E-state index in [2.05, 4.69) is 425 Å². The van der Waals surface area contributed by atoms with Crippen LogP contribution in [0.3, 0.4) is 0 Å². The second-order valence-electron chi connectivity index (χ2n) is 30.2. The normalized spacial score (nSPS) is 12.0. The van der Waals surface area contributed by atoms with E-state index in [4.69, 9.17) is 4.42 Å². The number of aromatic nitrogens is 4. The van der Waals surface area contributed by atoms with E-state index in [-0.39, 0.29) is 0 Å². The number of para-hydroxylation sites is 6. The van der Waals surface area contributed by atoms with Gasteiger partial charge in [-0.3, -0.25) is 0 Å². The fourth-order valence-corrected chi connectivity index (χ4v) is 18.6. The lowest BCUT2D eigenvalue weighted by atomic mass is 9.93. The van der Waals surface area contributed by atoms with Crippen molar-refractivity contribution in [2.45, 2.75) is 6.42 Å². The average molecular weight is 1450 g/mol. The molecule has 0 bridgehead atoms. The molecule has 5 aromatic heterocycles. The summed E-state index contributed by atoms with van der Waals surface area (Å²) in [5.41, 5.74) is 36.0. The molecule has 0 fully saturated rings. The minimum Gasteiger partial charge on any atom is -0.455 e. The first-order valence-corrected chi connectivity index (χ1v) is 39.3. The first-order valence-electron chi connectivity index (χ1n) is 39.3. The van der Waals surface area contributed by atoms with Crippen molar-refractivity contribution in [1.82, 2.24) is 18.3 Å². The van der Waals surface area contributed by atoms with E-state index in [1.807, 2.05) is 6.07 Å². The van der Waals surface area contributed by atoms with Crippen LogP contribution in [0.5, 0.6) is 0 Å². The van der Waals surface area contributed by atoms with Crippen molar-refractivity contribution in [2.75, 3.05) is 0 Å². The maximum Gasteiger partial charge on any atom is 0.143 e. The molecule has 0 aliphatic heterocycles. The van der Waals surface area contributed by atoms with Crippen molar-refractivity contribution in [2.24, 2.45) is 0 Å². The fourth-order valence-electron chi connectivity index (χ4n) is 18.6. The number of rotatable bonds is 10. The predicted molar refractivity (Wildman–Crippen MR) is 478 cm³/mol. The highest BCUT2D eigenvalue weighted by atomic mass is 16.3. The third-order valence-corrected chi connectivity index (χ3v) is 23.9. The van der Waals surface area contributed by atoms with Gasteiger partial charge in [-0.1, -0.05) is 273 Å². The zero-order valence-electron chi connectivity index (χ0n) is 62.2. The van der Waals surface area contributed by atoms with E-state index in [9.17, 15) is 0 Å². The highest BCUT2D eigenvalue weighted by Gasteiger charge is 2.25. The van der Waals surface area contributed by atoms with Crippen LogP contribution in [0.15, 0.2) is 417 Å². The zero-order valence-corrected chi connectivity index (χ0v) is 62.2. The molecule has 0 spiro atoms. The van der Waals surface area contributed by atoms with Gasteiger partial charge in [0, 0.05) is 82.2 Å². The van der Waals surface area contributed by atoms with Crippen LogP contribution in [0.2, 0.25) is 0 Å². The second kappa shape index (κ2) is 26.3. The van der Waals surface area contributed by atoms with Gasteiger partial charge in [0.1, 0.15) is 11.2 Å². The number of fused-ring (bicyclic) bond motifs is 18. The van der Waals surface area contributed by atoms with Crippen molar-refractivity contribution in [1.29, 1.82) is 0 Å². The Balaban J connectivity index is 0.000000135. The zero-order chi connectivity index (χ0) is 74.9. The molecule has 0 N–H and O–H groups in total.